The van der Waals surface area contributed by atoms with Gasteiger partial charge in [0, 0.05) is 28.4 Å². The van der Waals surface area contributed by atoms with Crippen LogP contribution in [0.1, 0.15) is 15.9 Å². The number of anilines is 1. The molecule has 5 aromatic rings. The number of H-pyrrole nitrogens is 1. The van der Waals surface area contributed by atoms with E-state index in [0.717, 1.165) is 33.2 Å². The van der Waals surface area contributed by atoms with Gasteiger partial charge < -0.3 is 10.3 Å². The first-order valence-electron chi connectivity index (χ1n) is 10.0. The fourth-order valence-corrected chi connectivity index (χ4v) is 3.70. The monoisotopic (exact) mass is 422 g/mol. The Balaban J connectivity index is 1.38. The maximum absolute atomic E-state index is 12.5. The highest BCUT2D eigenvalue weighted by Crippen LogP contribution is 2.26. The molecule has 0 saturated heterocycles. The van der Waals surface area contributed by atoms with E-state index in [0.29, 0.717) is 11.3 Å². The fraction of sp³-hybridized carbons (Fsp3) is 0.0400. The van der Waals surface area contributed by atoms with Crippen molar-refractivity contribution in [3.8, 4) is 11.4 Å². The molecule has 0 saturated carbocycles. The zero-order chi connectivity index (χ0) is 22.2. The van der Waals surface area contributed by atoms with Gasteiger partial charge in [0.2, 0.25) is 0 Å². The van der Waals surface area contributed by atoms with Crippen LogP contribution in [0.25, 0.3) is 33.2 Å². The van der Waals surface area contributed by atoms with Gasteiger partial charge in [0.25, 0.3) is 11.6 Å². The Hall–Kier alpha value is -4.52. The molecule has 0 unspecified atom stereocenters. The normalized spacial score (nSPS) is 11.0. The quantitative estimate of drug-likeness (QED) is 0.280. The van der Waals surface area contributed by atoms with Crippen molar-refractivity contribution >= 4 is 39.1 Å². The predicted molar refractivity (Wildman–Crippen MR) is 125 cm³/mol. The lowest BCUT2D eigenvalue weighted by Crippen LogP contribution is -2.12. The van der Waals surface area contributed by atoms with Gasteiger partial charge in [-0.05, 0) is 60.2 Å². The van der Waals surface area contributed by atoms with Crippen LogP contribution >= 0.6 is 0 Å². The molecule has 0 aliphatic rings. The summed E-state index contributed by atoms with van der Waals surface area (Å²) in [6.07, 6.45) is 0. The zero-order valence-electron chi connectivity index (χ0n) is 17.1. The Morgan fingerprint density at radius 1 is 0.969 bits per heavy atom. The highest BCUT2D eigenvalue weighted by Gasteiger charge is 2.15. The van der Waals surface area contributed by atoms with Gasteiger partial charge in [0.15, 0.2) is 0 Å². The number of hydrogen-bond acceptors (Lipinski definition) is 4. The maximum atomic E-state index is 12.5. The van der Waals surface area contributed by atoms with E-state index in [9.17, 15) is 14.9 Å². The summed E-state index contributed by atoms with van der Waals surface area (Å²) in [4.78, 5) is 31.2. The van der Waals surface area contributed by atoms with Crippen LogP contribution in [0, 0.1) is 17.0 Å². The molecule has 0 spiro atoms. The standard InChI is InChI=1S/C25H18N4O3/c1-15-6-7-19(14-23(15)29(31)32)25(30)26-20-10-8-16(9-11-20)24-27-21-12-17-4-2-3-5-18(17)13-22(21)28-24/h2-14H,1H3,(H,26,30)(H,27,28). The van der Waals surface area contributed by atoms with Crippen molar-refractivity contribution in [3.05, 3.63) is 100 Å². The Morgan fingerprint density at radius 3 is 2.41 bits per heavy atom. The van der Waals surface area contributed by atoms with Crippen LogP contribution in [0.2, 0.25) is 0 Å². The number of amides is 1. The van der Waals surface area contributed by atoms with Gasteiger partial charge in [-0.15, -0.1) is 0 Å². The van der Waals surface area contributed by atoms with Crippen LogP contribution in [0.5, 0.6) is 0 Å². The van der Waals surface area contributed by atoms with E-state index >= 15 is 0 Å². The molecule has 1 aromatic heterocycles. The lowest BCUT2D eigenvalue weighted by Gasteiger charge is -2.07. The Kier molecular flexibility index (Phi) is 4.63. The molecule has 4 aromatic carbocycles. The summed E-state index contributed by atoms with van der Waals surface area (Å²) in [6, 6.07) is 24.0. The summed E-state index contributed by atoms with van der Waals surface area (Å²) >= 11 is 0. The van der Waals surface area contributed by atoms with E-state index in [1.165, 1.54) is 6.07 Å². The number of benzene rings is 4. The number of carbonyl (C=O) groups is 1. The molecule has 0 aliphatic heterocycles. The van der Waals surface area contributed by atoms with Crippen LogP contribution in [0.3, 0.4) is 0 Å². The molecule has 1 heterocycles. The highest BCUT2D eigenvalue weighted by molar-refractivity contribution is 6.04. The number of nitrogens with one attached hydrogen (secondary N) is 2. The Bertz CT molecular complexity index is 1450. The number of aryl methyl sites for hydroxylation is 1. The lowest BCUT2D eigenvalue weighted by molar-refractivity contribution is -0.385. The second-order valence-electron chi connectivity index (χ2n) is 7.59. The maximum Gasteiger partial charge on any atom is 0.273 e. The average Bonchev–Trinajstić information content (AvgIpc) is 3.20. The molecular weight excluding hydrogens is 404 g/mol. The van der Waals surface area contributed by atoms with Crippen molar-refractivity contribution in [2.24, 2.45) is 0 Å². The molecule has 2 N–H and O–H groups in total. The average molecular weight is 422 g/mol. The molecule has 5 rings (SSSR count). The minimum absolute atomic E-state index is 0.0782. The third-order valence-corrected chi connectivity index (χ3v) is 5.43. The molecule has 7 heteroatoms. The number of nitro groups is 1. The number of nitro benzene ring substituents is 1. The zero-order valence-corrected chi connectivity index (χ0v) is 17.1. The summed E-state index contributed by atoms with van der Waals surface area (Å²) in [7, 11) is 0. The third-order valence-electron chi connectivity index (χ3n) is 5.43. The summed E-state index contributed by atoms with van der Waals surface area (Å²) in [5.41, 5.74) is 3.98. The fourth-order valence-electron chi connectivity index (χ4n) is 3.70. The minimum Gasteiger partial charge on any atom is -0.338 e. The van der Waals surface area contributed by atoms with Gasteiger partial charge >= 0.3 is 0 Å². The van der Waals surface area contributed by atoms with Crippen LogP contribution in [-0.4, -0.2) is 20.8 Å². The molecule has 0 aliphatic carbocycles. The van der Waals surface area contributed by atoms with E-state index in [1.54, 1.807) is 31.2 Å². The van der Waals surface area contributed by atoms with Gasteiger partial charge in [0.05, 0.1) is 16.0 Å². The summed E-state index contributed by atoms with van der Waals surface area (Å²) in [5.74, 6) is 0.332. The van der Waals surface area contributed by atoms with Gasteiger partial charge in [-0.25, -0.2) is 4.98 Å². The first kappa shape index (κ1) is 19.4. The summed E-state index contributed by atoms with van der Waals surface area (Å²) in [5, 5.41) is 16.2. The Labute approximate surface area is 182 Å². The number of imidazole rings is 1. The molecule has 7 nitrogen and oxygen atoms in total. The minimum atomic E-state index is -0.489. The molecule has 0 radical (unpaired) electrons. The van der Waals surface area contributed by atoms with Crippen LogP contribution in [0.15, 0.2) is 78.9 Å². The van der Waals surface area contributed by atoms with Crippen LogP contribution < -0.4 is 5.32 Å². The van der Waals surface area contributed by atoms with Crippen molar-refractivity contribution in [3.63, 3.8) is 0 Å². The largest absolute Gasteiger partial charge is 0.338 e. The van der Waals surface area contributed by atoms with Crippen molar-refractivity contribution in [1.29, 1.82) is 0 Å². The molecular formula is C25H18N4O3. The van der Waals surface area contributed by atoms with Crippen molar-refractivity contribution < 1.29 is 9.72 Å². The van der Waals surface area contributed by atoms with E-state index in [1.807, 2.05) is 24.3 Å². The first-order chi connectivity index (χ1) is 15.5. The number of aromatic nitrogens is 2. The van der Waals surface area contributed by atoms with E-state index in [4.69, 9.17) is 4.98 Å². The topological polar surface area (TPSA) is 101 Å². The van der Waals surface area contributed by atoms with E-state index < -0.39 is 10.8 Å². The van der Waals surface area contributed by atoms with Crippen LogP contribution in [-0.2, 0) is 0 Å². The number of aromatic amines is 1. The summed E-state index contributed by atoms with van der Waals surface area (Å²) in [6.45, 7) is 1.64. The SMILES string of the molecule is Cc1ccc(C(=O)Nc2ccc(-c3nc4cc5ccccc5cc4[nH]3)cc2)cc1[N+](=O)[O-]. The number of nitrogens with zero attached hydrogens (tertiary/aromatic N) is 2. The second kappa shape index (κ2) is 7.63. The molecule has 0 bridgehead atoms. The predicted octanol–water partition coefficient (Wildman–Crippen LogP) is 5.85. The second-order valence-corrected chi connectivity index (χ2v) is 7.59. The molecule has 0 fully saturated rings. The highest BCUT2D eigenvalue weighted by atomic mass is 16.6. The summed E-state index contributed by atoms with van der Waals surface area (Å²) < 4.78 is 0. The molecule has 0 atom stereocenters. The van der Waals surface area contributed by atoms with Gasteiger partial charge in [-0.2, -0.15) is 0 Å². The molecule has 32 heavy (non-hydrogen) atoms. The molecule has 156 valence electrons. The number of rotatable bonds is 4. The van der Waals surface area contributed by atoms with Crippen molar-refractivity contribution in [2.75, 3.05) is 5.32 Å². The van der Waals surface area contributed by atoms with Crippen LogP contribution in [0.4, 0.5) is 11.4 Å². The lowest BCUT2D eigenvalue weighted by atomic mass is 10.1. The van der Waals surface area contributed by atoms with Gasteiger partial charge in [-0.3, -0.25) is 14.9 Å². The smallest absolute Gasteiger partial charge is 0.273 e. The molecule has 1 amide bonds. The van der Waals surface area contributed by atoms with Crippen molar-refractivity contribution in [1.82, 2.24) is 9.97 Å². The van der Waals surface area contributed by atoms with Gasteiger partial charge in [0.1, 0.15) is 5.82 Å². The first-order valence-corrected chi connectivity index (χ1v) is 10.0. The number of carbonyl (C=O) groups excluding carboxylic acids is 1. The van der Waals surface area contributed by atoms with E-state index in [-0.39, 0.29) is 11.3 Å². The number of hydrogen-bond donors (Lipinski definition) is 2. The Morgan fingerprint density at radius 2 is 1.69 bits per heavy atom. The van der Waals surface area contributed by atoms with Gasteiger partial charge in [-0.1, -0.05) is 30.3 Å². The van der Waals surface area contributed by atoms with Crippen molar-refractivity contribution in [2.45, 2.75) is 6.92 Å². The van der Waals surface area contributed by atoms with E-state index in [2.05, 4.69) is 34.6 Å². The third kappa shape index (κ3) is 3.56. The number of fused-ring (bicyclic) bond motifs is 2.